The summed E-state index contributed by atoms with van der Waals surface area (Å²) < 4.78 is 15.5. The molecule has 0 bridgehead atoms. The van der Waals surface area contributed by atoms with Gasteiger partial charge < -0.3 is 9.88 Å². The molecule has 3 rings (SSSR count). The zero-order chi connectivity index (χ0) is 15.0. The van der Waals surface area contributed by atoms with Gasteiger partial charge >= 0.3 is 0 Å². The Bertz CT molecular complexity index is 785. The van der Waals surface area contributed by atoms with E-state index < -0.39 is 0 Å². The number of anilines is 1. The van der Waals surface area contributed by atoms with Crippen LogP contribution >= 0.6 is 15.9 Å². The Morgan fingerprint density at radius 2 is 1.81 bits per heavy atom. The average Bonchev–Trinajstić information content (AvgIpc) is 2.74. The molecule has 2 aromatic carbocycles. The molecule has 0 saturated carbocycles. The number of para-hydroxylation sites is 1. The number of fused-ring (bicyclic) bond motifs is 1. The summed E-state index contributed by atoms with van der Waals surface area (Å²) in [6.45, 7) is 0. The number of nitrogens with one attached hydrogen (secondary N) is 1. The summed E-state index contributed by atoms with van der Waals surface area (Å²) in [4.78, 5) is 12.5. The summed E-state index contributed by atoms with van der Waals surface area (Å²) in [5.41, 5.74) is 2.05. The lowest BCUT2D eigenvalue weighted by Gasteiger charge is -2.07. The van der Waals surface area contributed by atoms with Crippen LogP contribution in [0.2, 0.25) is 0 Å². The van der Waals surface area contributed by atoms with Crippen LogP contribution in [0.5, 0.6) is 0 Å². The van der Waals surface area contributed by atoms with E-state index in [1.807, 2.05) is 35.9 Å². The maximum Gasteiger partial charge on any atom is 0.273 e. The van der Waals surface area contributed by atoms with E-state index in [0.29, 0.717) is 11.4 Å². The molecule has 0 aliphatic carbocycles. The zero-order valence-electron chi connectivity index (χ0n) is 11.2. The first-order valence-corrected chi connectivity index (χ1v) is 7.17. The van der Waals surface area contributed by atoms with E-state index in [4.69, 9.17) is 0 Å². The molecule has 1 N–H and O–H groups in total. The SMILES string of the molecule is Cn1c(C(=O)Nc2ccc(F)cc2)c(Br)c2ccccc21. The Balaban J connectivity index is 2.00. The van der Waals surface area contributed by atoms with E-state index in [2.05, 4.69) is 21.2 Å². The molecule has 3 aromatic rings. The Morgan fingerprint density at radius 1 is 1.14 bits per heavy atom. The summed E-state index contributed by atoms with van der Waals surface area (Å²) >= 11 is 3.49. The van der Waals surface area contributed by atoms with Crippen molar-refractivity contribution in [1.82, 2.24) is 4.57 Å². The molecule has 0 atom stereocenters. The first-order valence-electron chi connectivity index (χ1n) is 6.38. The van der Waals surface area contributed by atoms with Crippen molar-refractivity contribution in [3.63, 3.8) is 0 Å². The second-order valence-corrected chi connectivity index (χ2v) is 5.49. The highest BCUT2D eigenvalue weighted by molar-refractivity contribution is 9.10. The van der Waals surface area contributed by atoms with E-state index in [0.717, 1.165) is 15.4 Å². The van der Waals surface area contributed by atoms with Crippen molar-refractivity contribution in [3.8, 4) is 0 Å². The molecule has 0 aliphatic heterocycles. The van der Waals surface area contributed by atoms with Gasteiger partial charge in [0.15, 0.2) is 0 Å². The number of hydrogen-bond acceptors (Lipinski definition) is 1. The number of carbonyl (C=O) groups is 1. The second-order valence-electron chi connectivity index (χ2n) is 4.70. The molecule has 5 heteroatoms. The van der Waals surface area contributed by atoms with Gasteiger partial charge in [-0.2, -0.15) is 0 Å². The molecule has 1 amide bonds. The fraction of sp³-hybridized carbons (Fsp3) is 0.0625. The molecule has 0 fully saturated rings. The van der Waals surface area contributed by atoms with Gasteiger partial charge in [-0.3, -0.25) is 4.79 Å². The van der Waals surface area contributed by atoms with Crippen LogP contribution in [0.1, 0.15) is 10.5 Å². The molecule has 0 radical (unpaired) electrons. The van der Waals surface area contributed by atoms with Crippen LogP contribution in [0.15, 0.2) is 53.0 Å². The molecule has 1 heterocycles. The topological polar surface area (TPSA) is 34.0 Å². The third kappa shape index (κ3) is 2.45. The molecule has 21 heavy (non-hydrogen) atoms. The number of hydrogen-bond donors (Lipinski definition) is 1. The van der Waals surface area contributed by atoms with Crippen LogP contribution in [0.4, 0.5) is 10.1 Å². The second kappa shape index (κ2) is 5.33. The van der Waals surface area contributed by atoms with Crippen molar-refractivity contribution >= 4 is 38.4 Å². The fourth-order valence-electron chi connectivity index (χ4n) is 2.32. The third-order valence-corrected chi connectivity index (χ3v) is 4.17. The lowest BCUT2D eigenvalue weighted by Crippen LogP contribution is -2.16. The first kappa shape index (κ1) is 13.8. The molecule has 3 nitrogen and oxygen atoms in total. The molecule has 106 valence electrons. The Hall–Kier alpha value is -2.14. The summed E-state index contributed by atoms with van der Waals surface area (Å²) in [6, 6.07) is 13.4. The van der Waals surface area contributed by atoms with Crippen molar-refractivity contribution < 1.29 is 9.18 Å². The predicted octanol–water partition coefficient (Wildman–Crippen LogP) is 4.33. The van der Waals surface area contributed by atoms with Crippen LogP contribution in [-0.4, -0.2) is 10.5 Å². The highest BCUT2D eigenvalue weighted by Gasteiger charge is 2.19. The molecule has 0 aliphatic rings. The number of carbonyl (C=O) groups excluding carboxylic acids is 1. The largest absolute Gasteiger partial charge is 0.339 e. The number of aromatic nitrogens is 1. The lowest BCUT2D eigenvalue weighted by atomic mass is 10.2. The minimum Gasteiger partial charge on any atom is -0.339 e. The normalized spacial score (nSPS) is 10.8. The highest BCUT2D eigenvalue weighted by Crippen LogP contribution is 2.30. The third-order valence-electron chi connectivity index (χ3n) is 3.36. The number of aryl methyl sites for hydroxylation is 1. The lowest BCUT2D eigenvalue weighted by molar-refractivity contribution is 0.101. The van der Waals surface area contributed by atoms with Gasteiger partial charge in [-0.1, -0.05) is 18.2 Å². The van der Waals surface area contributed by atoms with Gasteiger partial charge in [-0.25, -0.2) is 4.39 Å². The molecular weight excluding hydrogens is 335 g/mol. The van der Waals surface area contributed by atoms with Gasteiger partial charge in [-0.15, -0.1) is 0 Å². The van der Waals surface area contributed by atoms with E-state index in [-0.39, 0.29) is 11.7 Å². The Labute approximate surface area is 129 Å². The van der Waals surface area contributed by atoms with Gasteiger partial charge in [0.05, 0.1) is 4.47 Å². The van der Waals surface area contributed by atoms with E-state index >= 15 is 0 Å². The van der Waals surface area contributed by atoms with Crippen molar-refractivity contribution in [3.05, 3.63) is 64.5 Å². The molecule has 0 unspecified atom stereocenters. The summed E-state index contributed by atoms with van der Waals surface area (Å²) in [5, 5.41) is 3.75. The van der Waals surface area contributed by atoms with Gasteiger partial charge in [-0.05, 0) is 46.3 Å². The Morgan fingerprint density at radius 3 is 2.48 bits per heavy atom. The average molecular weight is 347 g/mol. The summed E-state index contributed by atoms with van der Waals surface area (Å²) in [7, 11) is 1.84. The predicted molar refractivity (Wildman–Crippen MR) is 85.0 cm³/mol. The Kier molecular flexibility index (Phi) is 3.51. The minimum atomic E-state index is -0.334. The molecule has 1 aromatic heterocycles. The van der Waals surface area contributed by atoms with Crippen molar-refractivity contribution in [2.75, 3.05) is 5.32 Å². The maximum atomic E-state index is 12.9. The van der Waals surface area contributed by atoms with Crippen molar-refractivity contribution in [2.45, 2.75) is 0 Å². The van der Waals surface area contributed by atoms with E-state index in [1.54, 1.807) is 0 Å². The van der Waals surface area contributed by atoms with E-state index in [1.165, 1.54) is 24.3 Å². The van der Waals surface area contributed by atoms with Crippen molar-refractivity contribution in [2.24, 2.45) is 7.05 Å². The number of amides is 1. The smallest absolute Gasteiger partial charge is 0.273 e. The van der Waals surface area contributed by atoms with Crippen LogP contribution in [0.3, 0.4) is 0 Å². The minimum absolute atomic E-state index is 0.243. The van der Waals surface area contributed by atoms with Crippen molar-refractivity contribution in [1.29, 1.82) is 0 Å². The van der Waals surface area contributed by atoms with Gasteiger partial charge in [0.25, 0.3) is 5.91 Å². The summed E-state index contributed by atoms with van der Waals surface area (Å²) in [6.07, 6.45) is 0. The fourth-order valence-corrected chi connectivity index (χ4v) is 3.10. The highest BCUT2D eigenvalue weighted by atomic mass is 79.9. The van der Waals surface area contributed by atoms with Crippen LogP contribution in [0, 0.1) is 5.82 Å². The van der Waals surface area contributed by atoms with Gasteiger partial charge in [0.1, 0.15) is 11.5 Å². The first-order chi connectivity index (χ1) is 10.1. The van der Waals surface area contributed by atoms with Crippen LogP contribution in [0.25, 0.3) is 10.9 Å². The molecule has 0 saturated heterocycles. The maximum absolute atomic E-state index is 12.9. The summed E-state index contributed by atoms with van der Waals surface area (Å²) in [5.74, 6) is -0.578. The van der Waals surface area contributed by atoms with Crippen LogP contribution < -0.4 is 5.32 Å². The van der Waals surface area contributed by atoms with Gasteiger partial charge in [0, 0.05) is 23.6 Å². The molecule has 0 spiro atoms. The van der Waals surface area contributed by atoms with Crippen LogP contribution in [-0.2, 0) is 7.05 Å². The monoisotopic (exact) mass is 346 g/mol. The zero-order valence-corrected chi connectivity index (χ0v) is 12.8. The number of rotatable bonds is 2. The van der Waals surface area contributed by atoms with Gasteiger partial charge in [0.2, 0.25) is 0 Å². The number of benzene rings is 2. The standard InChI is InChI=1S/C16H12BrFN2O/c1-20-13-5-3-2-4-12(13)14(17)15(20)16(21)19-11-8-6-10(18)7-9-11/h2-9H,1H3,(H,19,21). The molecular formula is C16H12BrFN2O. The number of halogens is 2. The quantitative estimate of drug-likeness (QED) is 0.736. The van der Waals surface area contributed by atoms with E-state index in [9.17, 15) is 9.18 Å². The number of nitrogens with zero attached hydrogens (tertiary/aromatic N) is 1.